The molecule has 0 saturated heterocycles. The quantitative estimate of drug-likeness (QED) is 0.483. The molecule has 1 aromatic carbocycles. The van der Waals surface area contributed by atoms with E-state index in [0.29, 0.717) is 12.2 Å². The number of nitro groups is 1. The van der Waals surface area contributed by atoms with Crippen LogP contribution in [0.25, 0.3) is 0 Å². The first-order valence-electron chi connectivity index (χ1n) is 5.31. The maximum atomic E-state index is 10.5. The molecule has 18 heavy (non-hydrogen) atoms. The SMILES string of the molecule is O=[N+]([O-])c1cnc(CC(Cl)c2ccccc2)nc1. The van der Waals surface area contributed by atoms with E-state index in [1.165, 1.54) is 12.4 Å². The molecule has 0 bridgehead atoms. The number of nitrogens with zero attached hydrogens (tertiary/aromatic N) is 3. The van der Waals surface area contributed by atoms with Crippen LogP contribution in [0.3, 0.4) is 0 Å². The first-order valence-corrected chi connectivity index (χ1v) is 5.75. The third-order valence-electron chi connectivity index (χ3n) is 2.43. The van der Waals surface area contributed by atoms with Crippen molar-refractivity contribution < 1.29 is 4.92 Å². The van der Waals surface area contributed by atoms with Crippen LogP contribution in [0.15, 0.2) is 42.7 Å². The van der Waals surface area contributed by atoms with E-state index in [9.17, 15) is 10.1 Å². The Kier molecular flexibility index (Phi) is 3.84. The fraction of sp³-hybridized carbons (Fsp3) is 0.167. The zero-order valence-electron chi connectivity index (χ0n) is 9.36. The zero-order valence-corrected chi connectivity index (χ0v) is 10.1. The van der Waals surface area contributed by atoms with Crippen molar-refractivity contribution in [1.82, 2.24) is 9.97 Å². The average molecular weight is 264 g/mol. The number of rotatable bonds is 4. The molecule has 1 atom stereocenters. The fourth-order valence-corrected chi connectivity index (χ4v) is 1.77. The van der Waals surface area contributed by atoms with Gasteiger partial charge in [-0.2, -0.15) is 0 Å². The largest absolute Gasteiger partial charge is 0.305 e. The summed E-state index contributed by atoms with van der Waals surface area (Å²) in [6.07, 6.45) is 2.82. The molecule has 0 aliphatic carbocycles. The van der Waals surface area contributed by atoms with Crippen molar-refractivity contribution in [1.29, 1.82) is 0 Å². The lowest BCUT2D eigenvalue weighted by Gasteiger charge is -2.07. The van der Waals surface area contributed by atoms with Crippen LogP contribution in [-0.4, -0.2) is 14.9 Å². The van der Waals surface area contributed by atoms with Gasteiger partial charge in [0.1, 0.15) is 18.2 Å². The second-order valence-corrected chi connectivity index (χ2v) is 4.22. The van der Waals surface area contributed by atoms with E-state index < -0.39 is 4.92 Å². The average Bonchev–Trinajstić information content (AvgIpc) is 2.40. The van der Waals surface area contributed by atoms with E-state index in [1.54, 1.807) is 0 Å². The molecule has 1 aromatic heterocycles. The van der Waals surface area contributed by atoms with Crippen molar-refractivity contribution in [2.24, 2.45) is 0 Å². The van der Waals surface area contributed by atoms with E-state index in [-0.39, 0.29) is 11.1 Å². The normalized spacial score (nSPS) is 12.1. The monoisotopic (exact) mass is 263 g/mol. The molecular formula is C12H10ClN3O2. The summed E-state index contributed by atoms with van der Waals surface area (Å²) in [6.45, 7) is 0. The lowest BCUT2D eigenvalue weighted by molar-refractivity contribution is -0.385. The molecule has 0 amide bonds. The van der Waals surface area contributed by atoms with Gasteiger partial charge in [0.15, 0.2) is 0 Å². The van der Waals surface area contributed by atoms with Gasteiger partial charge in [0.05, 0.1) is 10.3 Å². The van der Waals surface area contributed by atoms with E-state index >= 15 is 0 Å². The number of halogens is 1. The van der Waals surface area contributed by atoms with Crippen molar-refractivity contribution in [2.75, 3.05) is 0 Å². The van der Waals surface area contributed by atoms with Gasteiger partial charge in [-0.1, -0.05) is 30.3 Å². The van der Waals surface area contributed by atoms with Crippen LogP contribution in [0.4, 0.5) is 5.69 Å². The van der Waals surface area contributed by atoms with Gasteiger partial charge in [-0.25, -0.2) is 9.97 Å². The van der Waals surface area contributed by atoms with Crippen molar-refractivity contribution in [3.63, 3.8) is 0 Å². The van der Waals surface area contributed by atoms with Gasteiger partial charge in [-0.05, 0) is 5.56 Å². The second kappa shape index (κ2) is 5.55. The minimum Gasteiger partial charge on any atom is -0.258 e. The molecule has 5 nitrogen and oxygen atoms in total. The van der Waals surface area contributed by atoms with E-state index in [2.05, 4.69) is 9.97 Å². The lowest BCUT2D eigenvalue weighted by atomic mass is 10.1. The summed E-state index contributed by atoms with van der Waals surface area (Å²) in [4.78, 5) is 17.8. The topological polar surface area (TPSA) is 68.9 Å². The van der Waals surface area contributed by atoms with E-state index in [1.807, 2.05) is 30.3 Å². The van der Waals surface area contributed by atoms with E-state index in [4.69, 9.17) is 11.6 Å². The van der Waals surface area contributed by atoms with Gasteiger partial charge < -0.3 is 0 Å². The Morgan fingerprint density at radius 3 is 2.39 bits per heavy atom. The third-order valence-corrected chi connectivity index (χ3v) is 2.83. The first kappa shape index (κ1) is 12.4. The highest BCUT2D eigenvalue weighted by molar-refractivity contribution is 6.20. The maximum absolute atomic E-state index is 10.5. The first-order chi connectivity index (χ1) is 8.66. The summed E-state index contributed by atoms with van der Waals surface area (Å²) in [5, 5.41) is 10.2. The van der Waals surface area contributed by atoms with E-state index in [0.717, 1.165) is 5.56 Å². The van der Waals surface area contributed by atoms with Crippen LogP contribution in [0.5, 0.6) is 0 Å². The number of aromatic nitrogens is 2. The molecule has 0 aliphatic rings. The third kappa shape index (κ3) is 3.01. The molecule has 2 rings (SSSR count). The highest BCUT2D eigenvalue weighted by Gasteiger charge is 2.12. The molecule has 2 aromatic rings. The van der Waals surface area contributed by atoms with Gasteiger partial charge in [-0.15, -0.1) is 11.6 Å². The van der Waals surface area contributed by atoms with Crippen LogP contribution in [0, 0.1) is 10.1 Å². The molecule has 92 valence electrons. The molecular weight excluding hydrogens is 254 g/mol. The Bertz CT molecular complexity index is 531. The van der Waals surface area contributed by atoms with Gasteiger partial charge >= 0.3 is 5.69 Å². The van der Waals surface area contributed by atoms with Crippen LogP contribution in [-0.2, 0) is 6.42 Å². The van der Waals surface area contributed by atoms with Gasteiger partial charge in [-0.3, -0.25) is 10.1 Å². The zero-order chi connectivity index (χ0) is 13.0. The van der Waals surface area contributed by atoms with Crippen LogP contribution < -0.4 is 0 Å². The van der Waals surface area contributed by atoms with Gasteiger partial charge in [0.25, 0.3) is 0 Å². The van der Waals surface area contributed by atoms with Crippen molar-refractivity contribution in [3.8, 4) is 0 Å². The molecule has 0 radical (unpaired) electrons. The number of hydrogen-bond acceptors (Lipinski definition) is 4. The standard InChI is InChI=1S/C12H10ClN3O2/c13-11(9-4-2-1-3-5-9)6-12-14-7-10(8-15-12)16(17)18/h1-5,7-8,11H,6H2. The van der Waals surface area contributed by atoms with Crippen molar-refractivity contribution in [3.05, 3.63) is 64.2 Å². The minimum atomic E-state index is -0.529. The lowest BCUT2D eigenvalue weighted by Crippen LogP contribution is -2.01. The molecule has 0 aliphatic heterocycles. The van der Waals surface area contributed by atoms with Crippen LogP contribution >= 0.6 is 11.6 Å². The van der Waals surface area contributed by atoms with Crippen molar-refractivity contribution >= 4 is 17.3 Å². The van der Waals surface area contributed by atoms with Crippen molar-refractivity contribution in [2.45, 2.75) is 11.8 Å². The summed E-state index contributed by atoms with van der Waals surface area (Å²) in [7, 11) is 0. The highest BCUT2D eigenvalue weighted by Crippen LogP contribution is 2.23. The minimum absolute atomic E-state index is 0.121. The maximum Gasteiger partial charge on any atom is 0.305 e. The Morgan fingerprint density at radius 1 is 1.22 bits per heavy atom. The summed E-state index contributed by atoms with van der Waals surface area (Å²) < 4.78 is 0. The Morgan fingerprint density at radius 2 is 1.83 bits per heavy atom. The summed E-state index contributed by atoms with van der Waals surface area (Å²) in [5.41, 5.74) is 0.853. The molecule has 6 heteroatoms. The molecule has 1 unspecified atom stereocenters. The second-order valence-electron chi connectivity index (χ2n) is 3.70. The Hall–Kier alpha value is -2.01. The molecule has 0 fully saturated rings. The number of hydrogen-bond donors (Lipinski definition) is 0. The summed E-state index contributed by atoms with van der Waals surface area (Å²) in [5.74, 6) is 0.490. The Labute approximate surface area is 109 Å². The predicted molar refractivity (Wildman–Crippen MR) is 67.4 cm³/mol. The number of benzene rings is 1. The Balaban J connectivity index is 2.08. The van der Waals surface area contributed by atoms with Crippen LogP contribution in [0.2, 0.25) is 0 Å². The number of alkyl halides is 1. The van der Waals surface area contributed by atoms with Gasteiger partial charge in [0.2, 0.25) is 0 Å². The predicted octanol–water partition coefficient (Wildman–Crippen LogP) is 2.91. The fourth-order valence-electron chi connectivity index (χ4n) is 1.49. The highest BCUT2D eigenvalue weighted by atomic mass is 35.5. The molecule has 0 saturated carbocycles. The molecule has 1 heterocycles. The van der Waals surface area contributed by atoms with Crippen LogP contribution in [0.1, 0.15) is 16.8 Å². The smallest absolute Gasteiger partial charge is 0.258 e. The summed E-state index contributed by atoms with van der Waals surface area (Å²) in [6, 6.07) is 9.56. The van der Waals surface area contributed by atoms with Gasteiger partial charge in [0, 0.05) is 6.42 Å². The molecule has 0 spiro atoms. The summed E-state index contributed by atoms with van der Waals surface area (Å²) >= 11 is 6.23. The molecule has 0 N–H and O–H groups in total.